The molecule has 0 radical (unpaired) electrons. The van der Waals surface area contributed by atoms with Crippen LogP contribution in [0.25, 0.3) is 0 Å². The molecule has 1 N–H and O–H groups in total. The Morgan fingerprint density at radius 2 is 2.04 bits per heavy atom. The molecule has 28 heavy (non-hydrogen) atoms. The van der Waals surface area contributed by atoms with Crippen LogP contribution in [0.15, 0.2) is 18.2 Å². The normalized spacial score (nSPS) is 20.8. The Balaban J connectivity index is 1.52. The van der Waals surface area contributed by atoms with Gasteiger partial charge in [-0.15, -0.1) is 0 Å². The van der Waals surface area contributed by atoms with E-state index >= 15 is 0 Å². The summed E-state index contributed by atoms with van der Waals surface area (Å²) in [7, 11) is 0. The molecule has 1 atom stereocenters. The monoisotopic (exact) mass is 395 g/mol. The van der Waals surface area contributed by atoms with E-state index in [-0.39, 0.29) is 24.6 Å². The number of hydrogen-bond acceptors (Lipinski definition) is 6. The smallest absolute Gasteiger partial charge is 0.410 e. The molecule has 2 saturated heterocycles. The lowest BCUT2D eigenvalue weighted by Gasteiger charge is -2.34. The number of nitrogens with one attached hydrogen (secondary N) is 1. The van der Waals surface area contributed by atoms with Crippen LogP contribution in [-0.2, 0) is 9.47 Å². The zero-order valence-electron chi connectivity index (χ0n) is 16.9. The first-order valence-corrected chi connectivity index (χ1v) is 9.79. The molecule has 156 valence electrons. The molecular formula is C20H30FN3O4. The van der Waals surface area contributed by atoms with Crippen LogP contribution < -0.4 is 15.0 Å². The molecule has 1 amide bonds. The summed E-state index contributed by atoms with van der Waals surface area (Å²) in [4.78, 5) is 15.9. The molecule has 1 aromatic rings. The van der Waals surface area contributed by atoms with Crippen molar-refractivity contribution in [1.29, 1.82) is 0 Å². The first kappa shape index (κ1) is 20.7. The van der Waals surface area contributed by atoms with E-state index in [1.165, 1.54) is 6.07 Å². The molecule has 2 fully saturated rings. The molecule has 1 aromatic carbocycles. The summed E-state index contributed by atoms with van der Waals surface area (Å²) in [6.45, 7) is 10.3. The topological polar surface area (TPSA) is 63.3 Å². The number of benzene rings is 1. The first-order valence-electron chi connectivity index (χ1n) is 9.79. The number of halogens is 1. The summed E-state index contributed by atoms with van der Waals surface area (Å²) >= 11 is 0. The Morgan fingerprint density at radius 3 is 2.71 bits per heavy atom. The highest BCUT2D eigenvalue weighted by Gasteiger charge is 2.28. The maximum absolute atomic E-state index is 14.5. The SMILES string of the molecule is CC(C)(C)OC(=O)N1CCOC(COc2ccc(N3CCNCC3)c(F)c2)C1. The molecule has 3 rings (SSSR count). The second kappa shape index (κ2) is 8.96. The third-order valence-electron chi connectivity index (χ3n) is 4.60. The van der Waals surface area contributed by atoms with Gasteiger partial charge < -0.3 is 29.3 Å². The fourth-order valence-electron chi connectivity index (χ4n) is 3.24. The maximum Gasteiger partial charge on any atom is 0.410 e. The minimum atomic E-state index is -0.537. The van der Waals surface area contributed by atoms with Gasteiger partial charge in [-0.2, -0.15) is 0 Å². The minimum Gasteiger partial charge on any atom is -0.491 e. The van der Waals surface area contributed by atoms with E-state index in [1.807, 2.05) is 25.7 Å². The Hall–Kier alpha value is -2.06. The molecule has 1 unspecified atom stereocenters. The lowest BCUT2D eigenvalue weighted by atomic mass is 10.2. The van der Waals surface area contributed by atoms with Crippen LogP contribution in [0.5, 0.6) is 5.75 Å². The van der Waals surface area contributed by atoms with Crippen molar-refractivity contribution in [2.75, 3.05) is 57.4 Å². The predicted octanol–water partition coefficient (Wildman–Crippen LogP) is 2.25. The van der Waals surface area contributed by atoms with E-state index in [0.29, 0.717) is 31.1 Å². The van der Waals surface area contributed by atoms with Gasteiger partial charge in [-0.05, 0) is 32.9 Å². The molecule has 2 heterocycles. The van der Waals surface area contributed by atoms with Gasteiger partial charge in [-0.1, -0.05) is 0 Å². The molecule has 2 aliphatic heterocycles. The average Bonchev–Trinajstić information content (AvgIpc) is 2.66. The summed E-state index contributed by atoms with van der Waals surface area (Å²) in [5.74, 6) is 0.161. The van der Waals surface area contributed by atoms with Crippen molar-refractivity contribution < 1.29 is 23.4 Å². The number of hydrogen-bond donors (Lipinski definition) is 1. The number of rotatable bonds is 4. The predicted molar refractivity (Wildman–Crippen MR) is 105 cm³/mol. The molecule has 0 bridgehead atoms. The van der Waals surface area contributed by atoms with E-state index in [0.717, 1.165) is 26.2 Å². The van der Waals surface area contributed by atoms with Gasteiger partial charge in [0.2, 0.25) is 0 Å². The first-order chi connectivity index (χ1) is 13.3. The molecular weight excluding hydrogens is 365 g/mol. The van der Waals surface area contributed by atoms with Gasteiger partial charge in [0.15, 0.2) is 0 Å². The van der Waals surface area contributed by atoms with Gasteiger partial charge >= 0.3 is 6.09 Å². The lowest BCUT2D eigenvalue weighted by molar-refractivity contribution is -0.0557. The zero-order valence-corrected chi connectivity index (χ0v) is 16.9. The van der Waals surface area contributed by atoms with Crippen molar-refractivity contribution in [1.82, 2.24) is 10.2 Å². The molecule has 8 heteroatoms. The third-order valence-corrected chi connectivity index (χ3v) is 4.60. The van der Waals surface area contributed by atoms with Crippen molar-refractivity contribution in [2.45, 2.75) is 32.5 Å². The van der Waals surface area contributed by atoms with Crippen molar-refractivity contribution in [3.8, 4) is 5.75 Å². The molecule has 0 saturated carbocycles. The van der Waals surface area contributed by atoms with Crippen LogP contribution >= 0.6 is 0 Å². The third kappa shape index (κ3) is 5.72. The fraction of sp³-hybridized carbons (Fsp3) is 0.650. The number of carbonyl (C=O) groups is 1. The van der Waals surface area contributed by atoms with Gasteiger partial charge in [0.1, 0.15) is 29.9 Å². The molecule has 0 aliphatic carbocycles. The number of ether oxygens (including phenoxy) is 3. The largest absolute Gasteiger partial charge is 0.491 e. The highest BCUT2D eigenvalue weighted by Crippen LogP contribution is 2.25. The van der Waals surface area contributed by atoms with Crippen molar-refractivity contribution in [3.05, 3.63) is 24.0 Å². The van der Waals surface area contributed by atoms with E-state index < -0.39 is 5.60 Å². The van der Waals surface area contributed by atoms with Crippen LogP contribution in [-0.4, -0.2) is 75.2 Å². The Morgan fingerprint density at radius 1 is 1.29 bits per heavy atom. The van der Waals surface area contributed by atoms with Crippen molar-refractivity contribution >= 4 is 11.8 Å². The second-order valence-corrected chi connectivity index (χ2v) is 8.08. The molecule has 7 nitrogen and oxygen atoms in total. The minimum absolute atomic E-state index is 0.242. The number of carbonyl (C=O) groups excluding carboxylic acids is 1. The number of amides is 1. The Labute approximate surface area is 165 Å². The highest BCUT2D eigenvalue weighted by molar-refractivity contribution is 5.68. The number of anilines is 1. The summed E-state index contributed by atoms with van der Waals surface area (Å²) in [6.07, 6.45) is -0.635. The van der Waals surface area contributed by atoms with Gasteiger partial charge in [0.05, 0.1) is 18.8 Å². The van der Waals surface area contributed by atoms with Crippen LogP contribution in [0.4, 0.5) is 14.9 Å². The molecule has 0 aromatic heterocycles. The molecule has 0 spiro atoms. The summed E-state index contributed by atoms with van der Waals surface area (Å²) < 4.78 is 31.3. The number of nitrogens with zero attached hydrogens (tertiary/aromatic N) is 2. The standard InChI is InChI=1S/C20H30FN3O4/c1-20(2,3)28-19(25)24-10-11-26-16(13-24)14-27-15-4-5-18(17(21)12-15)23-8-6-22-7-9-23/h4-5,12,16,22H,6-11,13-14H2,1-3H3. The van der Waals surface area contributed by atoms with Crippen molar-refractivity contribution in [2.24, 2.45) is 0 Å². The maximum atomic E-state index is 14.5. The van der Waals surface area contributed by atoms with E-state index in [2.05, 4.69) is 5.32 Å². The molecule has 2 aliphatic rings. The lowest BCUT2D eigenvalue weighted by Crippen LogP contribution is -2.49. The van der Waals surface area contributed by atoms with E-state index in [4.69, 9.17) is 14.2 Å². The second-order valence-electron chi connectivity index (χ2n) is 8.08. The van der Waals surface area contributed by atoms with Gasteiger partial charge in [-0.25, -0.2) is 9.18 Å². The van der Waals surface area contributed by atoms with Crippen LogP contribution in [0, 0.1) is 5.82 Å². The van der Waals surface area contributed by atoms with Crippen molar-refractivity contribution in [3.63, 3.8) is 0 Å². The van der Waals surface area contributed by atoms with Gasteiger partial charge in [0, 0.05) is 38.8 Å². The summed E-state index contributed by atoms with van der Waals surface area (Å²) in [6, 6.07) is 4.94. The summed E-state index contributed by atoms with van der Waals surface area (Å²) in [5, 5.41) is 3.26. The Kier molecular flexibility index (Phi) is 6.61. The van der Waals surface area contributed by atoms with Gasteiger partial charge in [0.25, 0.3) is 0 Å². The summed E-state index contributed by atoms with van der Waals surface area (Å²) in [5.41, 5.74) is 0.0595. The van der Waals surface area contributed by atoms with E-state index in [1.54, 1.807) is 17.0 Å². The highest BCUT2D eigenvalue weighted by atomic mass is 19.1. The van der Waals surface area contributed by atoms with E-state index in [9.17, 15) is 9.18 Å². The van der Waals surface area contributed by atoms with Crippen LogP contribution in [0.3, 0.4) is 0 Å². The van der Waals surface area contributed by atoms with Crippen LogP contribution in [0.1, 0.15) is 20.8 Å². The van der Waals surface area contributed by atoms with Crippen LogP contribution in [0.2, 0.25) is 0 Å². The fourth-order valence-corrected chi connectivity index (χ4v) is 3.24. The van der Waals surface area contributed by atoms with Gasteiger partial charge in [-0.3, -0.25) is 0 Å². The Bertz CT molecular complexity index is 674. The number of piperazine rings is 1. The quantitative estimate of drug-likeness (QED) is 0.844. The number of morpholine rings is 1. The zero-order chi connectivity index (χ0) is 20.1. The average molecular weight is 395 g/mol.